The van der Waals surface area contributed by atoms with Crippen molar-refractivity contribution in [2.75, 3.05) is 7.11 Å². The van der Waals surface area contributed by atoms with Gasteiger partial charge in [0.05, 0.1) is 13.2 Å². The van der Waals surface area contributed by atoms with Crippen LogP contribution in [-0.2, 0) is 0 Å². The van der Waals surface area contributed by atoms with E-state index in [1.54, 1.807) is 18.2 Å². The molecule has 102 valence electrons. The summed E-state index contributed by atoms with van der Waals surface area (Å²) in [6.45, 7) is 4.00. The van der Waals surface area contributed by atoms with Crippen molar-refractivity contribution in [3.05, 3.63) is 28.8 Å². The first kappa shape index (κ1) is 15.3. The summed E-state index contributed by atoms with van der Waals surface area (Å²) in [5.41, 5.74) is 0.532. The van der Waals surface area contributed by atoms with Gasteiger partial charge in [0, 0.05) is 10.6 Å². The van der Waals surface area contributed by atoms with Crippen LogP contribution in [0.3, 0.4) is 0 Å². The number of aliphatic hydroxyl groups excluding tert-OH is 2. The zero-order valence-corrected chi connectivity index (χ0v) is 11.8. The van der Waals surface area contributed by atoms with Gasteiger partial charge in [-0.15, -0.1) is 0 Å². The van der Waals surface area contributed by atoms with Crippen LogP contribution < -0.4 is 4.74 Å². The fraction of sp³-hybridized carbons (Fsp3) is 0.571. The van der Waals surface area contributed by atoms with Crippen LogP contribution in [0, 0.1) is 5.92 Å². The van der Waals surface area contributed by atoms with Crippen LogP contribution in [0.4, 0.5) is 0 Å². The molecule has 0 heterocycles. The van der Waals surface area contributed by atoms with E-state index in [1.165, 1.54) is 7.11 Å². The average molecular weight is 273 g/mol. The summed E-state index contributed by atoms with van der Waals surface area (Å²) in [7, 11) is 1.53. The van der Waals surface area contributed by atoms with E-state index >= 15 is 0 Å². The molecule has 1 aromatic carbocycles. The van der Waals surface area contributed by atoms with Crippen molar-refractivity contribution in [3.8, 4) is 5.75 Å². The van der Waals surface area contributed by atoms with Gasteiger partial charge in [-0.1, -0.05) is 38.3 Å². The van der Waals surface area contributed by atoms with Crippen LogP contribution in [-0.4, -0.2) is 23.4 Å². The summed E-state index contributed by atoms with van der Waals surface area (Å²) in [5, 5.41) is 21.0. The van der Waals surface area contributed by atoms with Gasteiger partial charge in [0.2, 0.25) is 0 Å². The molecule has 3 nitrogen and oxygen atoms in total. The Labute approximate surface area is 113 Å². The number of hydrogen-bond acceptors (Lipinski definition) is 3. The molecule has 0 aliphatic rings. The largest absolute Gasteiger partial charge is 0.496 e. The molecule has 0 saturated heterocycles. The van der Waals surface area contributed by atoms with Gasteiger partial charge in [-0.3, -0.25) is 0 Å². The van der Waals surface area contributed by atoms with Crippen LogP contribution in [0.1, 0.15) is 38.4 Å². The Kier molecular flexibility index (Phi) is 5.93. The van der Waals surface area contributed by atoms with Gasteiger partial charge in [-0.2, -0.15) is 0 Å². The molecule has 2 N–H and O–H groups in total. The van der Waals surface area contributed by atoms with E-state index in [0.29, 0.717) is 16.3 Å². The van der Waals surface area contributed by atoms with E-state index in [4.69, 9.17) is 16.3 Å². The Morgan fingerprint density at radius 3 is 2.33 bits per heavy atom. The van der Waals surface area contributed by atoms with Gasteiger partial charge in [-0.25, -0.2) is 0 Å². The Morgan fingerprint density at radius 1 is 1.22 bits per heavy atom. The summed E-state index contributed by atoms with van der Waals surface area (Å²) in [6, 6.07) is 5.03. The molecule has 0 fully saturated rings. The molecule has 18 heavy (non-hydrogen) atoms. The molecule has 0 spiro atoms. The van der Waals surface area contributed by atoms with Gasteiger partial charge in [0.1, 0.15) is 11.9 Å². The molecule has 4 heteroatoms. The highest BCUT2D eigenvalue weighted by molar-refractivity contribution is 6.30. The van der Waals surface area contributed by atoms with Crippen LogP contribution in [0.5, 0.6) is 5.75 Å². The van der Waals surface area contributed by atoms with Gasteiger partial charge < -0.3 is 14.9 Å². The summed E-state index contributed by atoms with van der Waals surface area (Å²) < 4.78 is 5.19. The van der Waals surface area contributed by atoms with E-state index in [0.717, 1.165) is 12.8 Å². The van der Waals surface area contributed by atoms with Crippen molar-refractivity contribution in [3.63, 3.8) is 0 Å². The first-order valence-electron chi connectivity index (χ1n) is 6.24. The predicted molar refractivity (Wildman–Crippen MR) is 73.0 cm³/mol. The molecule has 0 bridgehead atoms. The minimum absolute atomic E-state index is 0.0590. The molecule has 2 unspecified atom stereocenters. The van der Waals surface area contributed by atoms with Crippen LogP contribution in [0.15, 0.2) is 18.2 Å². The molecule has 1 rings (SSSR count). The summed E-state index contributed by atoms with van der Waals surface area (Å²) in [6.07, 6.45) is -0.161. The van der Waals surface area contributed by atoms with Gasteiger partial charge >= 0.3 is 0 Å². The smallest absolute Gasteiger partial charge is 0.124 e. The number of rotatable bonds is 6. The molecule has 0 amide bonds. The zero-order chi connectivity index (χ0) is 13.7. The second kappa shape index (κ2) is 6.98. The van der Waals surface area contributed by atoms with Crippen LogP contribution >= 0.6 is 11.6 Å². The summed E-state index contributed by atoms with van der Waals surface area (Å²) >= 11 is 5.92. The van der Waals surface area contributed by atoms with Crippen molar-refractivity contribution in [1.29, 1.82) is 0 Å². The highest BCUT2D eigenvalue weighted by atomic mass is 35.5. The van der Waals surface area contributed by atoms with E-state index < -0.39 is 12.2 Å². The molecule has 0 radical (unpaired) electrons. The third kappa shape index (κ3) is 3.37. The lowest BCUT2D eigenvalue weighted by atomic mass is 9.89. The maximum Gasteiger partial charge on any atom is 0.124 e. The van der Waals surface area contributed by atoms with Crippen molar-refractivity contribution in [2.45, 2.75) is 38.9 Å². The van der Waals surface area contributed by atoms with E-state index in [9.17, 15) is 10.2 Å². The van der Waals surface area contributed by atoms with Crippen LogP contribution in [0.25, 0.3) is 0 Å². The maximum atomic E-state index is 10.3. The normalized spacial score (nSPS) is 14.6. The topological polar surface area (TPSA) is 49.7 Å². The zero-order valence-electron chi connectivity index (χ0n) is 11.1. The average Bonchev–Trinajstić information content (AvgIpc) is 2.39. The Bertz CT molecular complexity index is 377. The molecule has 1 aromatic rings. The molecule has 0 saturated carbocycles. The lowest BCUT2D eigenvalue weighted by Gasteiger charge is -2.26. The van der Waals surface area contributed by atoms with Gasteiger partial charge in [0.15, 0.2) is 0 Å². The molecule has 0 aliphatic carbocycles. The number of aliphatic hydroxyl groups is 2. The first-order valence-corrected chi connectivity index (χ1v) is 6.62. The lowest BCUT2D eigenvalue weighted by Crippen LogP contribution is -2.27. The number of ether oxygens (including phenoxy) is 1. The standard InChI is InChI=1S/C14H21ClO3/c1-4-9(5-2)13(16)14(17)11-8-10(15)6-7-12(11)18-3/h6-9,13-14,16-17H,4-5H2,1-3H3. The van der Waals surface area contributed by atoms with Gasteiger partial charge in [0.25, 0.3) is 0 Å². The number of hydrogen-bond donors (Lipinski definition) is 2. The minimum Gasteiger partial charge on any atom is -0.496 e. The summed E-state index contributed by atoms with van der Waals surface area (Å²) in [5.74, 6) is 0.598. The Balaban J connectivity index is 3.01. The molecule has 0 aromatic heterocycles. The fourth-order valence-electron chi connectivity index (χ4n) is 2.15. The third-order valence-electron chi connectivity index (χ3n) is 3.37. The molecule has 0 aliphatic heterocycles. The molecular formula is C14H21ClO3. The van der Waals surface area contributed by atoms with Crippen molar-refractivity contribution in [2.24, 2.45) is 5.92 Å². The quantitative estimate of drug-likeness (QED) is 0.836. The maximum absolute atomic E-state index is 10.3. The van der Waals surface area contributed by atoms with E-state index in [-0.39, 0.29) is 5.92 Å². The second-order valence-electron chi connectivity index (χ2n) is 4.40. The fourth-order valence-corrected chi connectivity index (χ4v) is 2.33. The van der Waals surface area contributed by atoms with Crippen LogP contribution in [0.2, 0.25) is 5.02 Å². The van der Waals surface area contributed by atoms with E-state index in [1.807, 2.05) is 13.8 Å². The monoisotopic (exact) mass is 272 g/mol. The van der Waals surface area contributed by atoms with Gasteiger partial charge in [-0.05, 0) is 24.1 Å². The van der Waals surface area contributed by atoms with E-state index in [2.05, 4.69) is 0 Å². The number of benzene rings is 1. The van der Waals surface area contributed by atoms with Crippen molar-refractivity contribution in [1.82, 2.24) is 0 Å². The van der Waals surface area contributed by atoms with Crippen molar-refractivity contribution < 1.29 is 14.9 Å². The number of halogens is 1. The predicted octanol–water partition coefficient (Wildman–Crippen LogP) is 3.18. The minimum atomic E-state index is -0.983. The number of methoxy groups -OCH3 is 1. The lowest BCUT2D eigenvalue weighted by molar-refractivity contribution is -0.0219. The SMILES string of the molecule is CCC(CC)C(O)C(O)c1cc(Cl)ccc1OC. The molecular weight excluding hydrogens is 252 g/mol. The molecule has 2 atom stereocenters. The third-order valence-corrected chi connectivity index (χ3v) is 3.60. The van der Waals surface area contributed by atoms with Crippen molar-refractivity contribution >= 4 is 11.6 Å². The highest BCUT2D eigenvalue weighted by Gasteiger charge is 2.27. The highest BCUT2D eigenvalue weighted by Crippen LogP contribution is 2.33. The Morgan fingerprint density at radius 2 is 1.83 bits per heavy atom. The first-order chi connectivity index (χ1) is 8.54. The summed E-state index contributed by atoms with van der Waals surface area (Å²) in [4.78, 5) is 0. The second-order valence-corrected chi connectivity index (χ2v) is 4.83. The Hall–Kier alpha value is -0.770.